The lowest BCUT2D eigenvalue weighted by Gasteiger charge is -2.56. The first kappa shape index (κ1) is 56.7. The van der Waals surface area contributed by atoms with Crippen molar-refractivity contribution in [2.75, 3.05) is 52.9 Å². The van der Waals surface area contributed by atoms with E-state index >= 15 is 0 Å². The molecule has 0 aromatic heterocycles. The first-order valence-electron chi connectivity index (χ1n) is 34.4. The number of aliphatic hydroxyl groups excluding tert-OH is 1. The van der Waals surface area contributed by atoms with E-state index in [0.29, 0.717) is 43.5 Å². The molecule has 0 spiro atoms. The van der Waals surface area contributed by atoms with E-state index in [1.165, 1.54) is 154 Å². The van der Waals surface area contributed by atoms with Crippen molar-refractivity contribution < 1.29 is 52.5 Å². The second-order valence-corrected chi connectivity index (χ2v) is 30.8. The predicted molar refractivity (Wildman–Crippen MR) is 322 cm³/mol. The maximum absolute atomic E-state index is 10.5. The Bertz CT molecular complexity index is 2270. The molecule has 0 unspecified atom stereocenters. The van der Waals surface area contributed by atoms with Gasteiger partial charge in [0, 0.05) is 43.9 Å². The molecule has 11 heteroatoms. The van der Waals surface area contributed by atoms with Crippen molar-refractivity contribution >= 4 is 0 Å². The van der Waals surface area contributed by atoms with E-state index in [9.17, 15) is 5.11 Å². The van der Waals surface area contributed by atoms with Gasteiger partial charge in [-0.15, -0.1) is 0 Å². The van der Waals surface area contributed by atoms with Crippen LogP contribution >= 0.6 is 0 Å². The van der Waals surface area contributed by atoms with Crippen molar-refractivity contribution in [3.63, 3.8) is 0 Å². The van der Waals surface area contributed by atoms with Crippen LogP contribution < -0.4 is 28.4 Å². The molecule has 0 atom stereocenters. The summed E-state index contributed by atoms with van der Waals surface area (Å²) in [7, 11) is 0. The van der Waals surface area contributed by atoms with Crippen LogP contribution in [0.2, 0.25) is 0 Å². The summed E-state index contributed by atoms with van der Waals surface area (Å²) in [6.07, 6.45) is 35.4. The smallest absolute Gasteiger partial charge is 0.123 e. The van der Waals surface area contributed by atoms with E-state index in [1.54, 1.807) is 0 Å². The molecule has 0 aliphatic heterocycles. The third-order valence-electron chi connectivity index (χ3n) is 23.6. The summed E-state index contributed by atoms with van der Waals surface area (Å²) in [6, 6.07) is 18.0. The first-order chi connectivity index (χ1) is 41.1. The zero-order chi connectivity index (χ0) is 56.1. The van der Waals surface area contributed by atoms with Crippen LogP contribution in [0.15, 0.2) is 54.6 Å². The molecule has 16 fully saturated rings. The monoisotopic (exact) mass is 1150 g/mol. The molecule has 0 radical (unpaired) electrons. The van der Waals surface area contributed by atoms with Gasteiger partial charge in [-0.25, -0.2) is 0 Å². The molecular weight excluding hydrogens is 1050 g/mol. The van der Waals surface area contributed by atoms with Crippen LogP contribution in [0, 0.1) is 71.0 Å². The molecule has 0 amide bonds. The van der Waals surface area contributed by atoms with E-state index in [2.05, 4.69) is 24.3 Å². The van der Waals surface area contributed by atoms with Crippen LogP contribution in [0.4, 0.5) is 0 Å². The van der Waals surface area contributed by atoms with Crippen molar-refractivity contribution in [1.29, 1.82) is 0 Å². The van der Waals surface area contributed by atoms with Crippen molar-refractivity contribution in [3.8, 4) is 34.5 Å². The lowest BCUT2D eigenvalue weighted by atomic mass is 9.54. The summed E-state index contributed by atoms with van der Waals surface area (Å²) in [5.74, 6) is 14.7. The predicted octanol–water partition coefficient (Wildman–Crippen LogP) is 15.4. The SMILES string of the molecule is OCc1cc(OCc2cc(OCCCOC34CC5CC(CC(C5)C3)C4)cc(OCCCOC34CC5CC(CC(C5)C3)C4)c2)cc(OCc2cc(OCCCOC34CC5CC(CC(C5)C3)C4)cc(OCCCOC34CC5CC(CC(C5)C3)C4)c2)c1. The minimum absolute atomic E-state index is 0.106. The fraction of sp³-hybridized carbons (Fsp3) is 0.753. The Morgan fingerprint density at radius 3 is 0.679 bits per heavy atom. The van der Waals surface area contributed by atoms with E-state index in [-0.39, 0.29) is 42.2 Å². The summed E-state index contributed by atoms with van der Waals surface area (Å²) in [4.78, 5) is 0. The third kappa shape index (κ3) is 13.2. The second-order valence-electron chi connectivity index (χ2n) is 30.8. The van der Waals surface area contributed by atoms with E-state index in [0.717, 1.165) is 157 Å². The summed E-state index contributed by atoms with van der Waals surface area (Å²) >= 11 is 0. The van der Waals surface area contributed by atoms with Gasteiger partial charge >= 0.3 is 0 Å². The molecule has 1 N–H and O–H groups in total. The largest absolute Gasteiger partial charge is 0.493 e. The fourth-order valence-corrected chi connectivity index (χ4v) is 22.0. The van der Waals surface area contributed by atoms with Gasteiger partial charge in [0.1, 0.15) is 47.7 Å². The number of benzene rings is 3. The van der Waals surface area contributed by atoms with E-state index in [4.69, 9.17) is 47.4 Å². The fourth-order valence-electron chi connectivity index (χ4n) is 22.0. The van der Waals surface area contributed by atoms with Crippen molar-refractivity contribution in [2.45, 2.75) is 222 Å². The lowest BCUT2D eigenvalue weighted by molar-refractivity contribution is -0.163. The van der Waals surface area contributed by atoms with Gasteiger partial charge in [-0.3, -0.25) is 0 Å². The summed E-state index contributed by atoms with van der Waals surface area (Å²) < 4.78 is 66.2. The Balaban J connectivity index is 0.575. The number of rotatable bonds is 31. The Kier molecular flexibility index (Phi) is 16.4. The van der Waals surface area contributed by atoms with Gasteiger partial charge in [-0.1, -0.05) is 0 Å². The quantitative estimate of drug-likeness (QED) is 0.0622. The molecule has 16 saturated carbocycles. The van der Waals surface area contributed by atoms with Gasteiger partial charge in [-0.05, 0) is 278 Å². The molecule has 16 aliphatic carbocycles. The molecule has 3 aromatic rings. The molecule has 19 rings (SSSR count). The maximum Gasteiger partial charge on any atom is 0.123 e. The van der Waals surface area contributed by atoms with Crippen LogP contribution in [0.1, 0.15) is 196 Å². The van der Waals surface area contributed by atoms with Crippen LogP contribution in [0.3, 0.4) is 0 Å². The lowest BCUT2D eigenvalue weighted by Crippen LogP contribution is -2.52. The second kappa shape index (κ2) is 24.3. The molecule has 16 aliphatic rings. The van der Waals surface area contributed by atoms with Gasteiger partial charge in [0.15, 0.2) is 0 Å². The molecule has 458 valence electrons. The highest BCUT2D eigenvalue weighted by molar-refractivity contribution is 5.42. The number of hydrogen-bond acceptors (Lipinski definition) is 11. The van der Waals surface area contributed by atoms with Gasteiger partial charge in [0.2, 0.25) is 0 Å². The molecule has 84 heavy (non-hydrogen) atoms. The van der Waals surface area contributed by atoms with E-state index < -0.39 is 0 Å². The summed E-state index contributed by atoms with van der Waals surface area (Å²) in [5.41, 5.74) is 3.02. The molecule has 0 saturated heterocycles. The van der Waals surface area contributed by atoms with Crippen LogP contribution in [0.25, 0.3) is 0 Å². The topological polar surface area (TPSA) is 113 Å². The zero-order valence-electron chi connectivity index (χ0n) is 50.7. The maximum atomic E-state index is 10.5. The highest BCUT2D eigenvalue weighted by atomic mass is 16.5. The Morgan fingerprint density at radius 2 is 0.464 bits per heavy atom. The standard InChI is InChI=1S/C73H100O11/c74-46-61-25-68(79-47-62-27-64(75-5-1-9-81-70-34-49-13-50(35-70)15-51(14-49)36-70)31-65(28-62)76-6-2-10-82-71-37-52-16-53(38-71)18-54(17-52)39-71)33-69(26-61)80-48-63-29-66(77-7-3-11-83-72-40-55-19-56(41-72)21-57(20-55)42-72)32-67(30-63)78-8-4-12-84-73-43-58-22-59(44-73)24-60(23-58)45-73/h25-33,49-60,74H,1-24,34-48H2. The van der Waals surface area contributed by atoms with E-state index in [1.807, 2.05) is 30.3 Å². The molecule has 0 heterocycles. The Morgan fingerprint density at radius 1 is 0.262 bits per heavy atom. The number of hydrogen-bond donors (Lipinski definition) is 1. The molecule has 16 bridgehead atoms. The third-order valence-corrected chi connectivity index (χ3v) is 23.6. The summed E-state index contributed by atoms with van der Waals surface area (Å²) in [5, 5.41) is 10.5. The van der Waals surface area contributed by atoms with Crippen molar-refractivity contribution in [3.05, 3.63) is 71.3 Å². The average Bonchev–Trinajstić information content (AvgIpc) is 2.84. The van der Waals surface area contributed by atoms with Crippen LogP contribution in [0.5, 0.6) is 34.5 Å². The Hall–Kier alpha value is -3.74. The van der Waals surface area contributed by atoms with Crippen LogP contribution in [-0.4, -0.2) is 80.4 Å². The van der Waals surface area contributed by atoms with Gasteiger partial charge < -0.3 is 52.5 Å². The highest BCUT2D eigenvalue weighted by Gasteiger charge is 2.55. The minimum atomic E-state index is -0.144. The summed E-state index contributed by atoms with van der Waals surface area (Å²) in [6.45, 7) is 5.65. The Labute approximate surface area is 501 Å². The first-order valence-corrected chi connectivity index (χ1v) is 34.4. The van der Waals surface area contributed by atoms with Crippen molar-refractivity contribution in [2.24, 2.45) is 71.0 Å². The number of ether oxygens (including phenoxy) is 10. The molecule has 3 aromatic carbocycles. The van der Waals surface area contributed by atoms with Crippen molar-refractivity contribution in [1.82, 2.24) is 0 Å². The van der Waals surface area contributed by atoms with Gasteiger partial charge in [0.05, 0.1) is 81.9 Å². The molecule has 11 nitrogen and oxygen atoms in total. The normalized spacial score (nSPS) is 37.5. The molecular formula is C73H100O11. The van der Waals surface area contributed by atoms with Gasteiger partial charge in [-0.2, -0.15) is 0 Å². The number of aliphatic hydroxyl groups is 1. The minimum Gasteiger partial charge on any atom is -0.493 e. The van der Waals surface area contributed by atoms with Crippen LogP contribution in [-0.2, 0) is 38.8 Å². The average molecular weight is 1150 g/mol. The van der Waals surface area contributed by atoms with Gasteiger partial charge in [0.25, 0.3) is 0 Å². The highest BCUT2D eigenvalue weighted by Crippen LogP contribution is 2.61. The zero-order valence-corrected chi connectivity index (χ0v) is 50.7.